The highest BCUT2D eigenvalue weighted by Crippen LogP contribution is 2.17. The number of benzene rings is 1. The van der Waals surface area contributed by atoms with Crippen LogP contribution in [0.25, 0.3) is 0 Å². The summed E-state index contributed by atoms with van der Waals surface area (Å²) in [5, 5.41) is 8.74. The Kier molecular flexibility index (Phi) is 4.95. The van der Waals surface area contributed by atoms with Crippen molar-refractivity contribution in [2.45, 2.75) is 0 Å². The second-order valence-corrected chi connectivity index (χ2v) is 3.58. The van der Waals surface area contributed by atoms with Crippen LogP contribution in [0.3, 0.4) is 0 Å². The maximum atomic E-state index is 11.9. The third-order valence-corrected chi connectivity index (χ3v) is 2.30. The quantitative estimate of drug-likeness (QED) is 0.725. The van der Waals surface area contributed by atoms with Crippen molar-refractivity contribution in [2.24, 2.45) is 0 Å². The molecule has 1 aromatic carbocycles. The summed E-state index contributed by atoms with van der Waals surface area (Å²) in [6.45, 7) is 0.817. The van der Waals surface area contributed by atoms with Crippen molar-refractivity contribution in [2.75, 3.05) is 33.9 Å². The van der Waals surface area contributed by atoms with Gasteiger partial charge in [-0.15, -0.1) is 0 Å². The lowest BCUT2D eigenvalue weighted by atomic mass is 10.1. The average molecular weight is 223 g/mol. The van der Waals surface area contributed by atoms with Gasteiger partial charge in [-0.05, 0) is 19.2 Å². The summed E-state index contributed by atoms with van der Waals surface area (Å²) < 4.78 is 5.12. The van der Waals surface area contributed by atoms with Gasteiger partial charge in [0.1, 0.15) is 5.75 Å². The molecule has 1 N–H and O–H groups in total. The molecule has 1 aromatic rings. The lowest BCUT2D eigenvalue weighted by Crippen LogP contribution is -2.28. The van der Waals surface area contributed by atoms with Crippen LogP contribution in [0.2, 0.25) is 0 Å². The molecular formula is C12H17NO3. The van der Waals surface area contributed by atoms with E-state index in [9.17, 15) is 4.79 Å². The van der Waals surface area contributed by atoms with Crippen LogP contribution in [-0.2, 0) is 0 Å². The fourth-order valence-electron chi connectivity index (χ4n) is 1.46. The summed E-state index contributed by atoms with van der Waals surface area (Å²) in [5.41, 5.74) is 0.579. The Labute approximate surface area is 95.5 Å². The standard InChI is InChI=1S/C12H17NO3/c1-13(7-8-14)9-11(15)10-5-3-4-6-12(10)16-2/h3-6,14H,7-9H2,1-2H3. The molecule has 0 aromatic heterocycles. The number of hydrogen-bond donors (Lipinski definition) is 1. The first-order chi connectivity index (χ1) is 7.69. The molecule has 16 heavy (non-hydrogen) atoms. The van der Waals surface area contributed by atoms with Crippen molar-refractivity contribution < 1.29 is 14.6 Å². The van der Waals surface area contributed by atoms with E-state index < -0.39 is 0 Å². The number of aliphatic hydroxyl groups is 1. The van der Waals surface area contributed by atoms with Gasteiger partial charge in [0, 0.05) is 6.54 Å². The molecule has 88 valence electrons. The molecule has 0 aliphatic rings. The summed E-state index contributed by atoms with van der Waals surface area (Å²) in [5.74, 6) is 0.582. The Morgan fingerprint density at radius 2 is 2.12 bits per heavy atom. The molecule has 0 unspecified atom stereocenters. The van der Waals surface area contributed by atoms with E-state index in [4.69, 9.17) is 9.84 Å². The number of para-hydroxylation sites is 1. The molecule has 0 fully saturated rings. The van der Waals surface area contributed by atoms with Crippen LogP contribution in [0, 0.1) is 0 Å². The number of methoxy groups -OCH3 is 1. The van der Waals surface area contributed by atoms with Crippen molar-refractivity contribution in [3.05, 3.63) is 29.8 Å². The molecule has 0 aliphatic heterocycles. The zero-order chi connectivity index (χ0) is 12.0. The summed E-state index contributed by atoms with van der Waals surface area (Å²) in [6.07, 6.45) is 0. The van der Waals surface area contributed by atoms with E-state index >= 15 is 0 Å². The summed E-state index contributed by atoms with van der Waals surface area (Å²) in [7, 11) is 3.34. The fraction of sp³-hybridized carbons (Fsp3) is 0.417. The Bertz CT molecular complexity index is 352. The number of nitrogens with zero attached hydrogens (tertiary/aromatic N) is 1. The number of carbonyl (C=O) groups excluding carboxylic acids is 1. The molecule has 0 radical (unpaired) electrons. The molecule has 4 heteroatoms. The maximum Gasteiger partial charge on any atom is 0.180 e. The number of aliphatic hydroxyl groups excluding tert-OH is 1. The molecule has 0 saturated carbocycles. The molecular weight excluding hydrogens is 206 g/mol. The van der Waals surface area contributed by atoms with Crippen LogP contribution in [0.1, 0.15) is 10.4 Å². The highest BCUT2D eigenvalue weighted by molar-refractivity contribution is 6.00. The minimum Gasteiger partial charge on any atom is -0.496 e. The van der Waals surface area contributed by atoms with Gasteiger partial charge in [-0.25, -0.2) is 0 Å². The first-order valence-corrected chi connectivity index (χ1v) is 5.14. The molecule has 0 spiro atoms. The van der Waals surface area contributed by atoms with E-state index in [0.29, 0.717) is 17.9 Å². The number of carbonyl (C=O) groups is 1. The summed E-state index contributed by atoms with van der Waals surface area (Å²) >= 11 is 0. The van der Waals surface area contributed by atoms with Gasteiger partial charge in [0.25, 0.3) is 0 Å². The van der Waals surface area contributed by atoms with Gasteiger partial charge < -0.3 is 9.84 Å². The average Bonchev–Trinajstić information content (AvgIpc) is 2.29. The predicted molar refractivity (Wildman–Crippen MR) is 61.9 cm³/mol. The van der Waals surface area contributed by atoms with Gasteiger partial charge in [0.2, 0.25) is 0 Å². The van der Waals surface area contributed by atoms with E-state index in [1.807, 2.05) is 12.1 Å². The van der Waals surface area contributed by atoms with Gasteiger partial charge in [-0.3, -0.25) is 9.69 Å². The Hall–Kier alpha value is -1.39. The monoisotopic (exact) mass is 223 g/mol. The summed E-state index contributed by atoms with van der Waals surface area (Å²) in [4.78, 5) is 13.7. The largest absolute Gasteiger partial charge is 0.496 e. The molecule has 0 atom stereocenters. The normalized spacial score (nSPS) is 10.5. The van der Waals surface area contributed by atoms with Crippen LogP contribution >= 0.6 is 0 Å². The molecule has 1 rings (SSSR count). The molecule has 0 saturated heterocycles. The van der Waals surface area contributed by atoms with Crippen molar-refractivity contribution in [3.63, 3.8) is 0 Å². The third-order valence-electron chi connectivity index (χ3n) is 2.30. The van der Waals surface area contributed by atoms with Crippen molar-refractivity contribution in [1.29, 1.82) is 0 Å². The SMILES string of the molecule is COc1ccccc1C(=O)CN(C)CCO. The zero-order valence-electron chi connectivity index (χ0n) is 9.64. The van der Waals surface area contributed by atoms with E-state index in [1.165, 1.54) is 0 Å². The van der Waals surface area contributed by atoms with Gasteiger partial charge in [0.05, 0.1) is 25.8 Å². The van der Waals surface area contributed by atoms with E-state index in [-0.39, 0.29) is 18.9 Å². The highest BCUT2D eigenvalue weighted by Gasteiger charge is 2.13. The van der Waals surface area contributed by atoms with Crippen LogP contribution in [0.4, 0.5) is 0 Å². The van der Waals surface area contributed by atoms with Crippen LogP contribution in [0.15, 0.2) is 24.3 Å². The lowest BCUT2D eigenvalue weighted by molar-refractivity contribution is 0.0933. The van der Waals surface area contributed by atoms with E-state index in [0.717, 1.165) is 0 Å². The number of hydrogen-bond acceptors (Lipinski definition) is 4. The first kappa shape index (κ1) is 12.7. The van der Waals surface area contributed by atoms with Crippen LogP contribution in [-0.4, -0.2) is 49.6 Å². The number of rotatable bonds is 6. The highest BCUT2D eigenvalue weighted by atomic mass is 16.5. The van der Waals surface area contributed by atoms with Crippen molar-refractivity contribution in [3.8, 4) is 5.75 Å². The van der Waals surface area contributed by atoms with Gasteiger partial charge in [-0.2, -0.15) is 0 Å². The molecule has 4 nitrogen and oxygen atoms in total. The second kappa shape index (κ2) is 6.25. The van der Waals surface area contributed by atoms with Gasteiger partial charge in [-0.1, -0.05) is 12.1 Å². The third kappa shape index (κ3) is 3.32. The molecule has 0 bridgehead atoms. The molecule has 0 heterocycles. The minimum absolute atomic E-state index is 0.00611. The second-order valence-electron chi connectivity index (χ2n) is 3.58. The van der Waals surface area contributed by atoms with Crippen LogP contribution in [0.5, 0.6) is 5.75 Å². The Balaban J connectivity index is 2.72. The molecule has 0 amide bonds. The van der Waals surface area contributed by atoms with Gasteiger partial charge in [0.15, 0.2) is 5.78 Å². The van der Waals surface area contributed by atoms with E-state index in [2.05, 4.69) is 0 Å². The predicted octanol–water partition coefficient (Wildman–Crippen LogP) is 0.802. The van der Waals surface area contributed by atoms with Crippen LogP contribution < -0.4 is 4.74 Å². The van der Waals surface area contributed by atoms with Crippen molar-refractivity contribution in [1.82, 2.24) is 4.90 Å². The van der Waals surface area contributed by atoms with E-state index in [1.54, 1.807) is 31.2 Å². The smallest absolute Gasteiger partial charge is 0.180 e. The number of Topliss-reactive ketones (excluding diaryl/α,β-unsaturated/α-hetero) is 1. The maximum absolute atomic E-state index is 11.9. The lowest BCUT2D eigenvalue weighted by Gasteiger charge is -2.14. The summed E-state index contributed by atoms with van der Waals surface area (Å²) in [6, 6.07) is 7.14. The Morgan fingerprint density at radius 1 is 1.44 bits per heavy atom. The number of likely N-dealkylation sites (N-methyl/N-ethyl adjacent to an activating group) is 1. The van der Waals surface area contributed by atoms with Gasteiger partial charge >= 0.3 is 0 Å². The fourth-order valence-corrected chi connectivity index (χ4v) is 1.46. The topological polar surface area (TPSA) is 49.8 Å². The number of ketones is 1. The molecule has 0 aliphatic carbocycles. The number of ether oxygens (including phenoxy) is 1. The minimum atomic E-state index is -0.00611. The first-order valence-electron chi connectivity index (χ1n) is 5.14. The van der Waals surface area contributed by atoms with Crippen molar-refractivity contribution >= 4 is 5.78 Å². The Morgan fingerprint density at radius 3 is 2.75 bits per heavy atom. The zero-order valence-corrected chi connectivity index (χ0v) is 9.64.